The smallest absolute Gasteiger partial charge is 0.221 e. The van der Waals surface area contributed by atoms with Gasteiger partial charge in [0.1, 0.15) is 6.33 Å². The molecule has 0 fully saturated rings. The molecule has 1 aromatic rings. The average Bonchev–Trinajstić information content (AvgIpc) is 2.48. The number of carbonyl (C=O) groups excluding carboxylic acids is 1. The summed E-state index contributed by atoms with van der Waals surface area (Å²) >= 11 is 0. The van der Waals surface area contributed by atoms with Crippen molar-refractivity contribution in [3.05, 3.63) is 6.33 Å². The third-order valence-electron chi connectivity index (χ3n) is 2.63. The summed E-state index contributed by atoms with van der Waals surface area (Å²) < 4.78 is 10.2. The number of anilines is 2. The lowest BCUT2D eigenvalue weighted by Crippen LogP contribution is -2.28. The first-order valence-electron chi connectivity index (χ1n) is 6.85. The van der Waals surface area contributed by atoms with E-state index in [1.54, 1.807) is 14.2 Å². The van der Waals surface area contributed by atoms with Crippen LogP contribution in [0.4, 0.5) is 11.6 Å². The topological polar surface area (TPSA) is 97.4 Å². The standard InChI is InChI=1S/C13H23N5O3/c1-4-14-12-11(21-3)13(18-9-17-12)16-6-5-10(19)15-7-8-20-2/h9H,4-8H2,1-3H3,(H,15,19)(H2,14,16,17,18). The van der Waals surface area contributed by atoms with Crippen LogP contribution in [0, 0.1) is 0 Å². The Balaban J connectivity index is 2.47. The highest BCUT2D eigenvalue weighted by atomic mass is 16.5. The van der Waals surface area contributed by atoms with Gasteiger partial charge in [0, 0.05) is 33.2 Å². The molecule has 0 aliphatic carbocycles. The fourth-order valence-electron chi connectivity index (χ4n) is 1.66. The number of nitrogens with zero attached hydrogens (tertiary/aromatic N) is 2. The van der Waals surface area contributed by atoms with Gasteiger partial charge in [-0.25, -0.2) is 9.97 Å². The molecule has 0 bridgehead atoms. The van der Waals surface area contributed by atoms with E-state index in [1.807, 2.05) is 6.92 Å². The molecule has 0 saturated heterocycles. The second-order valence-corrected chi connectivity index (χ2v) is 4.15. The second-order valence-electron chi connectivity index (χ2n) is 4.15. The Morgan fingerprint density at radius 3 is 2.52 bits per heavy atom. The molecule has 21 heavy (non-hydrogen) atoms. The molecule has 8 heteroatoms. The molecular formula is C13H23N5O3. The summed E-state index contributed by atoms with van der Waals surface area (Å²) in [5, 5.41) is 8.92. The van der Waals surface area contributed by atoms with Gasteiger partial charge in [-0.1, -0.05) is 0 Å². The van der Waals surface area contributed by atoms with E-state index in [0.29, 0.717) is 43.5 Å². The maximum absolute atomic E-state index is 11.5. The molecule has 0 aliphatic rings. The Kier molecular flexibility index (Phi) is 7.88. The first kappa shape index (κ1) is 17.0. The quantitative estimate of drug-likeness (QED) is 0.540. The Bertz CT molecular complexity index is 442. The summed E-state index contributed by atoms with van der Waals surface area (Å²) in [6, 6.07) is 0. The van der Waals surface area contributed by atoms with Gasteiger partial charge in [-0.2, -0.15) is 0 Å². The van der Waals surface area contributed by atoms with E-state index in [0.717, 1.165) is 6.54 Å². The van der Waals surface area contributed by atoms with Gasteiger partial charge in [0.15, 0.2) is 11.6 Å². The second kappa shape index (κ2) is 9.76. The predicted octanol–water partition coefficient (Wildman–Crippen LogP) is 0.482. The van der Waals surface area contributed by atoms with Crippen molar-refractivity contribution in [3.63, 3.8) is 0 Å². The third-order valence-corrected chi connectivity index (χ3v) is 2.63. The number of methoxy groups -OCH3 is 2. The van der Waals surface area contributed by atoms with Crippen LogP contribution in [0.2, 0.25) is 0 Å². The molecule has 8 nitrogen and oxygen atoms in total. The molecule has 0 spiro atoms. The van der Waals surface area contributed by atoms with Gasteiger partial charge < -0.3 is 25.4 Å². The number of amides is 1. The van der Waals surface area contributed by atoms with Gasteiger partial charge in [0.2, 0.25) is 11.7 Å². The molecule has 1 heterocycles. The van der Waals surface area contributed by atoms with Gasteiger partial charge in [0.25, 0.3) is 0 Å². The molecule has 0 aromatic carbocycles. The summed E-state index contributed by atoms with van der Waals surface area (Å²) in [6.45, 7) is 4.17. The minimum Gasteiger partial charge on any atom is -0.490 e. The van der Waals surface area contributed by atoms with Gasteiger partial charge in [-0.15, -0.1) is 0 Å². The predicted molar refractivity (Wildman–Crippen MR) is 80.7 cm³/mol. The Hall–Kier alpha value is -2.09. The van der Waals surface area contributed by atoms with Crippen molar-refractivity contribution in [1.82, 2.24) is 15.3 Å². The van der Waals surface area contributed by atoms with E-state index in [-0.39, 0.29) is 5.91 Å². The summed E-state index contributed by atoms with van der Waals surface area (Å²) in [5.74, 6) is 1.69. The number of aromatic nitrogens is 2. The maximum Gasteiger partial charge on any atom is 0.221 e. The molecule has 0 saturated carbocycles. The van der Waals surface area contributed by atoms with Crippen molar-refractivity contribution in [2.45, 2.75) is 13.3 Å². The van der Waals surface area contributed by atoms with E-state index in [1.165, 1.54) is 6.33 Å². The Morgan fingerprint density at radius 1 is 1.19 bits per heavy atom. The fourth-order valence-corrected chi connectivity index (χ4v) is 1.66. The molecule has 118 valence electrons. The highest BCUT2D eigenvalue weighted by Crippen LogP contribution is 2.28. The molecule has 0 radical (unpaired) electrons. The zero-order valence-corrected chi connectivity index (χ0v) is 12.7. The number of hydrogen-bond acceptors (Lipinski definition) is 7. The van der Waals surface area contributed by atoms with Crippen LogP contribution in [0.15, 0.2) is 6.33 Å². The highest BCUT2D eigenvalue weighted by Gasteiger charge is 2.11. The summed E-state index contributed by atoms with van der Waals surface area (Å²) in [4.78, 5) is 19.8. The number of ether oxygens (including phenoxy) is 2. The zero-order chi connectivity index (χ0) is 15.5. The molecule has 0 unspecified atom stereocenters. The number of carbonyl (C=O) groups is 1. The van der Waals surface area contributed by atoms with E-state index in [4.69, 9.17) is 9.47 Å². The van der Waals surface area contributed by atoms with Crippen LogP contribution in [0.3, 0.4) is 0 Å². The normalized spacial score (nSPS) is 10.0. The minimum absolute atomic E-state index is 0.0421. The third kappa shape index (κ3) is 5.82. The van der Waals surface area contributed by atoms with E-state index < -0.39 is 0 Å². The lowest BCUT2D eigenvalue weighted by molar-refractivity contribution is -0.121. The van der Waals surface area contributed by atoms with Crippen LogP contribution in [0.5, 0.6) is 5.75 Å². The molecular weight excluding hydrogens is 274 g/mol. The van der Waals surface area contributed by atoms with Crippen molar-refractivity contribution in [3.8, 4) is 5.75 Å². The van der Waals surface area contributed by atoms with Crippen molar-refractivity contribution in [2.75, 3.05) is 51.1 Å². The molecule has 1 rings (SSSR count). The van der Waals surface area contributed by atoms with Crippen molar-refractivity contribution >= 4 is 17.5 Å². The van der Waals surface area contributed by atoms with Crippen LogP contribution in [0.1, 0.15) is 13.3 Å². The van der Waals surface area contributed by atoms with Crippen molar-refractivity contribution in [1.29, 1.82) is 0 Å². The number of hydrogen-bond donors (Lipinski definition) is 3. The van der Waals surface area contributed by atoms with Gasteiger partial charge in [-0.3, -0.25) is 4.79 Å². The van der Waals surface area contributed by atoms with E-state index >= 15 is 0 Å². The molecule has 0 atom stereocenters. The molecule has 1 aromatic heterocycles. The van der Waals surface area contributed by atoms with Gasteiger partial charge in [0.05, 0.1) is 13.7 Å². The van der Waals surface area contributed by atoms with Gasteiger partial charge in [-0.05, 0) is 6.92 Å². The monoisotopic (exact) mass is 297 g/mol. The average molecular weight is 297 g/mol. The highest BCUT2D eigenvalue weighted by molar-refractivity contribution is 5.76. The summed E-state index contributed by atoms with van der Waals surface area (Å²) in [7, 11) is 3.15. The van der Waals surface area contributed by atoms with Crippen molar-refractivity contribution in [2.24, 2.45) is 0 Å². The SMILES string of the molecule is CCNc1ncnc(NCCC(=O)NCCOC)c1OC. The minimum atomic E-state index is -0.0421. The van der Waals surface area contributed by atoms with Crippen LogP contribution < -0.4 is 20.7 Å². The first-order chi connectivity index (χ1) is 10.2. The zero-order valence-electron chi connectivity index (χ0n) is 12.7. The summed E-state index contributed by atoms with van der Waals surface area (Å²) in [5.41, 5.74) is 0. The maximum atomic E-state index is 11.5. The first-order valence-corrected chi connectivity index (χ1v) is 6.85. The van der Waals surface area contributed by atoms with E-state index in [2.05, 4.69) is 25.9 Å². The van der Waals surface area contributed by atoms with Crippen LogP contribution >= 0.6 is 0 Å². The van der Waals surface area contributed by atoms with Crippen LogP contribution in [-0.2, 0) is 9.53 Å². The molecule has 0 aliphatic heterocycles. The largest absolute Gasteiger partial charge is 0.490 e. The van der Waals surface area contributed by atoms with Crippen molar-refractivity contribution < 1.29 is 14.3 Å². The van der Waals surface area contributed by atoms with Gasteiger partial charge >= 0.3 is 0 Å². The molecule has 1 amide bonds. The lowest BCUT2D eigenvalue weighted by atomic mass is 10.3. The number of nitrogens with one attached hydrogen (secondary N) is 3. The van der Waals surface area contributed by atoms with E-state index in [9.17, 15) is 4.79 Å². The number of rotatable bonds is 10. The van der Waals surface area contributed by atoms with Crippen LogP contribution in [-0.4, -0.2) is 56.3 Å². The fraction of sp³-hybridized carbons (Fsp3) is 0.615. The Morgan fingerprint density at radius 2 is 1.90 bits per heavy atom. The Labute approximate surface area is 124 Å². The summed E-state index contributed by atoms with van der Waals surface area (Å²) in [6.07, 6.45) is 1.79. The van der Waals surface area contributed by atoms with Crippen LogP contribution in [0.25, 0.3) is 0 Å². The lowest BCUT2D eigenvalue weighted by Gasteiger charge is -2.13. The molecule has 3 N–H and O–H groups in total.